The molecule has 1 atom stereocenters. The van der Waals surface area contributed by atoms with Gasteiger partial charge in [0.15, 0.2) is 11.9 Å². The number of nitrogens with zero attached hydrogens (tertiary/aromatic N) is 2. The second kappa shape index (κ2) is 10.2. The molecule has 2 heteroatoms. The third-order valence-corrected chi connectivity index (χ3v) is 11.9. The van der Waals surface area contributed by atoms with Gasteiger partial charge in [-0.3, -0.25) is 4.48 Å². The Bertz CT molecular complexity index is 2370. The molecule has 0 fully saturated rings. The van der Waals surface area contributed by atoms with E-state index in [-0.39, 0.29) is 5.41 Å². The van der Waals surface area contributed by atoms with Crippen molar-refractivity contribution in [2.45, 2.75) is 52.0 Å². The number of fused-ring (bicyclic) bond motifs is 10. The maximum absolute atomic E-state index is 4.85. The molecular weight excluding hydrogens is 581 g/mol. The van der Waals surface area contributed by atoms with E-state index in [4.69, 9.17) is 6.58 Å². The molecule has 0 spiro atoms. The average molecular weight is 623 g/mol. The normalized spacial score (nSPS) is 20.2. The van der Waals surface area contributed by atoms with Gasteiger partial charge in [0, 0.05) is 23.1 Å². The molecule has 2 nitrogen and oxygen atoms in total. The third-order valence-electron chi connectivity index (χ3n) is 11.9. The number of hydrogen-bond acceptors (Lipinski definition) is 0. The van der Waals surface area contributed by atoms with E-state index >= 15 is 0 Å². The number of quaternary nitrogens is 1. The Morgan fingerprint density at radius 1 is 0.688 bits per heavy atom. The lowest BCUT2D eigenvalue weighted by Crippen LogP contribution is -2.53. The number of rotatable bonds is 2. The monoisotopic (exact) mass is 622 g/mol. The van der Waals surface area contributed by atoms with Crippen LogP contribution in [-0.2, 0) is 18.3 Å². The third kappa shape index (κ3) is 3.87. The maximum atomic E-state index is 4.85. The van der Waals surface area contributed by atoms with Crippen LogP contribution in [0.3, 0.4) is 0 Å². The fourth-order valence-corrected chi connectivity index (χ4v) is 9.20. The molecular formula is C46H42N2+2. The van der Waals surface area contributed by atoms with Crippen molar-refractivity contribution in [2.24, 2.45) is 0 Å². The minimum absolute atomic E-state index is 0.133. The summed E-state index contributed by atoms with van der Waals surface area (Å²) in [5.41, 5.74) is 18.8. The average Bonchev–Trinajstić information content (AvgIpc) is 3.36. The van der Waals surface area contributed by atoms with Crippen LogP contribution in [0.15, 0.2) is 134 Å². The van der Waals surface area contributed by atoms with Crippen molar-refractivity contribution in [3.63, 3.8) is 0 Å². The van der Waals surface area contributed by atoms with Crippen LogP contribution in [-0.4, -0.2) is 17.6 Å². The van der Waals surface area contributed by atoms with Gasteiger partial charge in [0.1, 0.15) is 5.70 Å². The lowest BCUT2D eigenvalue weighted by Gasteiger charge is -2.44. The molecule has 234 valence electrons. The van der Waals surface area contributed by atoms with Gasteiger partial charge in [-0.15, -0.1) is 0 Å². The van der Waals surface area contributed by atoms with Crippen molar-refractivity contribution in [3.05, 3.63) is 162 Å². The van der Waals surface area contributed by atoms with Gasteiger partial charge in [0.25, 0.3) is 0 Å². The zero-order valence-electron chi connectivity index (χ0n) is 28.6. The Hall–Kier alpha value is -5.05. The highest BCUT2D eigenvalue weighted by Crippen LogP contribution is 2.56. The summed E-state index contributed by atoms with van der Waals surface area (Å²) in [6, 6.07) is 43.2. The summed E-state index contributed by atoms with van der Waals surface area (Å²) in [5, 5.41) is 2.68. The topological polar surface area (TPSA) is 3.88 Å². The van der Waals surface area contributed by atoms with Crippen LogP contribution < -0.4 is 4.57 Å². The van der Waals surface area contributed by atoms with Crippen LogP contribution in [0.2, 0.25) is 0 Å². The van der Waals surface area contributed by atoms with E-state index in [1.54, 1.807) is 0 Å². The van der Waals surface area contributed by atoms with E-state index in [0.717, 1.165) is 12.8 Å². The molecule has 0 saturated heterocycles. The number of likely N-dealkylation sites (N-methyl/N-ethyl adjacent to an activating group) is 1. The molecule has 3 aliphatic rings. The Balaban J connectivity index is 1.25. The smallest absolute Gasteiger partial charge is 0.249 e. The zero-order valence-corrected chi connectivity index (χ0v) is 28.6. The highest BCUT2D eigenvalue weighted by atomic mass is 15.4. The molecule has 0 saturated carbocycles. The van der Waals surface area contributed by atoms with E-state index in [1.807, 2.05) is 0 Å². The van der Waals surface area contributed by atoms with Crippen LogP contribution in [0.1, 0.15) is 55.5 Å². The minimum Gasteiger partial charge on any atom is -0.257 e. The number of allylic oxidation sites excluding steroid dienone is 2. The quantitative estimate of drug-likeness (QED) is 0.134. The zero-order chi connectivity index (χ0) is 32.9. The summed E-state index contributed by atoms with van der Waals surface area (Å²) >= 11 is 0. The van der Waals surface area contributed by atoms with Gasteiger partial charge in [-0.2, -0.15) is 4.57 Å². The van der Waals surface area contributed by atoms with E-state index in [2.05, 4.69) is 161 Å². The van der Waals surface area contributed by atoms with Crippen molar-refractivity contribution in [1.29, 1.82) is 0 Å². The molecule has 1 aliphatic carbocycles. The Morgan fingerprint density at radius 3 is 2.21 bits per heavy atom. The number of pyridine rings is 1. The Labute approximate surface area is 284 Å². The lowest BCUT2D eigenvalue weighted by atomic mass is 9.75. The van der Waals surface area contributed by atoms with Gasteiger partial charge in [0.2, 0.25) is 11.4 Å². The summed E-state index contributed by atoms with van der Waals surface area (Å²) in [4.78, 5) is 0. The predicted molar refractivity (Wildman–Crippen MR) is 200 cm³/mol. The standard InChI is InChI=1S/C46H42N2/c1-29(2)48(6)30(3)39-26-33(31-14-8-7-9-15-31)19-20-34(39)28-42(48)41-27-35-22-24-38-37-23-21-32-16-10-11-17-36(32)44(37)46(4,5)45(38)43(35)40-18-12-13-25-47(40)41/h7-26,29H,3,27-28H2,1-2,4-6H3/q+2/b42-41+. The first kappa shape index (κ1) is 29.1. The van der Waals surface area contributed by atoms with E-state index in [0.29, 0.717) is 10.5 Å². The fraction of sp³-hybridized carbons (Fsp3) is 0.196. The summed E-state index contributed by atoms with van der Waals surface area (Å²) in [7, 11) is 2.39. The molecule has 0 bridgehead atoms. The summed E-state index contributed by atoms with van der Waals surface area (Å²) < 4.78 is 3.23. The largest absolute Gasteiger partial charge is 0.257 e. The SMILES string of the molecule is C=C1c2cc(-c3ccccc3)ccc2C/C(=C2/Cc3ccc4c(c3-c3cccc[n+]32)C(C)(C)c2c-4ccc3ccccc23)[N+]1(C)C(C)C. The van der Waals surface area contributed by atoms with Crippen LogP contribution in [0, 0.1) is 0 Å². The van der Waals surface area contributed by atoms with Gasteiger partial charge in [-0.05, 0) is 87.8 Å². The van der Waals surface area contributed by atoms with Gasteiger partial charge in [0.05, 0.1) is 31.5 Å². The Kier molecular flexibility index (Phi) is 6.20. The molecule has 1 aromatic heterocycles. The second-order valence-corrected chi connectivity index (χ2v) is 14.9. The predicted octanol–water partition coefficient (Wildman–Crippen LogP) is 10.6. The van der Waals surface area contributed by atoms with Gasteiger partial charge < -0.3 is 0 Å². The van der Waals surface area contributed by atoms with Crippen LogP contribution in [0.25, 0.3) is 55.7 Å². The first-order chi connectivity index (χ1) is 23.2. The number of hydrogen-bond donors (Lipinski definition) is 0. The maximum Gasteiger partial charge on any atom is 0.249 e. The minimum atomic E-state index is -0.133. The lowest BCUT2D eigenvalue weighted by molar-refractivity contribution is -0.828. The van der Waals surface area contributed by atoms with Gasteiger partial charge in [-0.1, -0.05) is 105 Å². The van der Waals surface area contributed by atoms with Crippen LogP contribution in [0.5, 0.6) is 0 Å². The summed E-state index contributed by atoms with van der Waals surface area (Å²) in [6.45, 7) is 14.4. The summed E-state index contributed by atoms with van der Waals surface area (Å²) in [6.07, 6.45) is 4.09. The first-order valence-electron chi connectivity index (χ1n) is 17.4. The van der Waals surface area contributed by atoms with Crippen molar-refractivity contribution in [2.75, 3.05) is 7.05 Å². The van der Waals surface area contributed by atoms with E-state index in [9.17, 15) is 0 Å². The summed E-state index contributed by atoms with van der Waals surface area (Å²) in [5.74, 6) is 0. The van der Waals surface area contributed by atoms with Gasteiger partial charge in [-0.25, -0.2) is 0 Å². The molecule has 5 aromatic carbocycles. The van der Waals surface area contributed by atoms with Crippen LogP contribution in [0.4, 0.5) is 0 Å². The molecule has 0 N–H and O–H groups in total. The van der Waals surface area contributed by atoms with Crippen molar-refractivity contribution in [3.8, 4) is 33.5 Å². The van der Waals surface area contributed by atoms with Crippen molar-refractivity contribution < 1.29 is 9.05 Å². The highest BCUT2D eigenvalue weighted by molar-refractivity contribution is 6.00. The molecule has 48 heavy (non-hydrogen) atoms. The fourth-order valence-electron chi connectivity index (χ4n) is 9.20. The second-order valence-electron chi connectivity index (χ2n) is 14.9. The molecule has 0 amide bonds. The van der Waals surface area contributed by atoms with Crippen LogP contribution >= 0.6 is 0 Å². The Morgan fingerprint density at radius 2 is 1.40 bits per heavy atom. The first-order valence-corrected chi connectivity index (χ1v) is 17.4. The van der Waals surface area contributed by atoms with E-state index in [1.165, 1.54) is 89.2 Å². The number of aromatic nitrogens is 1. The molecule has 3 heterocycles. The number of benzene rings is 5. The highest BCUT2D eigenvalue weighted by Gasteiger charge is 2.48. The molecule has 9 rings (SSSR count). The van der Waals surface area contributed by atoms with Gasteiger partial charge >= 0.3 is 0 Å². The molecule has 1 unspecified atom stereocenters. The van der Waals surface area contributed by atoms with E-state index < -0.39 is 0 Å². The molecule has 2 aliphatic heterocycles. The molecule has 6 aromatic rings. The van der Waals surface area contributed by atoms with Crippen molar-refractivity contribution in [1.82, 2.24) is 0 Å². The molecule has 0 radical (unpaired) electrons. The van der Waals surface area contributed by atoms with Crippen molar-refractivity contribution >= 4 is 22.2 Å².